The summed E-state index contributed by atoms with van der Waals surface area (Å²) in [5, 5.41) is 0. The third-order valence-electron chi connectivity index (χ3n) is 1.85. The quantitative estimate of drug-likeness (QED) is 0.455. The molecule has 0 aromatic heterocycles. The summed E-state index contributed by atoms with van der Waals surface area (Å²) in [7, 11) is 0.788. The molecule has 0 aromatic rings. The van der Waals surface area contributed by atoms with Gasteiger partial charge >= 0.3 is 0 Å². The van der Waals surface area contributed by atoms with Gasteiger partial charge in [-0.1, -0.05) is 0 Å². The molecular weight excluding hydrogens is 198 g/mol. The Labute approximate surface area is 89.5 Å². The van der Waals surface area contributed by atoms with E-state index in [0.717, 1.165) is 10.2 Å². The van der Waals surface area contributed by atoms with Crippen molar-refractivity contribution in [3.05, 3.63) is 0 Å². The van der Waals surface area contributed by atoms with Crippen molar-refractivity contribution >= 4 is 10.2 Å². The van der Waals surface area contributed by atoms with Crippen LogP contribution >= 0.6 is 0 Å². The van der Waals surface area contributed by atoms with E-state index in [0.29, 0.717) is 26.2 Å². The average Bonchev–Trinajstić information content (AvgIpc) is 2.04. The Bertz CT molecular complexity index is 140. The molecule has 2 N–H and O–H groups in total. The molecule has 0 aliphatic rings. The summed E-state index contributed by atoms with van der Waals surface area (Å²) in [6.07, 6.45) is 0.310. The Hall–Kier alpha value is 0.0569. The maximum absolute atomic E-state index is 5.77. The van der Waals surface area contributed by atoms with Crippen molar-refractivity contribution in [1.29, 1.82) is 0 Å². The van der Waals surface area contributed by atoms with E-state index in [9.17, 15) is 0 Å². The second-order valence-corrected chi connectivity index (χ2v) is 4.72. The fraction of sp³-hybridized carbons (Fsp3) is 1.00. The molecule has 0 radical (unpaired) electrons. The van der Waals surface area contributed by atoms with Crippen molar-refractivity contribution in [2.75, 3.05) is 19.8 Å². The van der Waals surface area contributed by atoms with Crippen molar-refractivity contribution < 1.29 is 14.2 Å². The molecule has 1 atom stereocenters. The fourth-order valence-corrected chi connectivity index (χ4v) is 2.39. The van der Waals surface area contributed by atoms with Crippen LogP contribution in [0.2, 0.25) is 0 Å². The first-order valence-corrected chi connectivity index (χ1v) is 6.23. The average molecular weight is 221 g/mol. The maximum Gasteiger partial charge on any atom is 0.145 e. The molecule has 0 bridgehead atoms. The predicted molar refractivity (Wildman–Crippen MR) is 60.1 cm³/mol. The summed E-state index contributed by atoms with van der Waals surface area (Å²) in [4.78, 5) is 0. The van der Waals surface area contributed by atoms with Crippen molar-refractivity contribution in [1.82, 2.24) is 0 Å². The molecule has 5 heteroatoms. The Morgan fingerprint density at radius 3 is 2.00 bits per heavy atom. The van der Waals surface area contributed by atoms with Crippen molar-refractivity contribution in [2.24, 2.45) is 5.73 Å². The third-order valence-corrected chi connectivity index (χ3v) is 2.84. The van der Waals surface area contributed by atoms with E-state index in [2.05, 4.69) is 0 Å². The molecule has 0 aliphatic carbocycles. The van der Waals surface area contributed by atoms with Gasteiger partial charge in [-0.3, -0.25) is 0 Å². The standard InChI is InChI=1S/C9H23NO3Si/c1-4-11-8(10)7-9(14,12-5-2)13-6-3/h8H,4-7,10H2,1-3,14H3. The van der Waals surface area contributed by atoms with Crippen LogP contribution in [0.4, 0.5) is 0 Å². The summed E-state index contributed by atoms with van der Waals surface area (Å²) in [6, 6.07) is 0. The van der Waals surface area contributed by atoms with Crippen LogP contribution in [-0.4, -0.2) is 41.7 Å². The first kappa shape index (κ1) is 14.1. The lowest BCUT2D eigenvalue weighted by atomic mass is 10.3. The molecule has 86 valence electrons. The van der Waals surface area contributed by atoms with Gasteiger partial charge in [0.25, 0.3) is 0 Å². The van der Waals surface area contributed by atoms with Crippen LogP contribution < -0.4 is 5.73 Å². The summed E-state index contributed by atoms with van der Waals surface area (Å²) in [5.74, 6) is 0. The van der Waals surface area contributed by atoms with Gasteiger partial charge in [0.15, 0.2) is 0 Å². The van der Waals surface area contributed by atoms with E-state index in [1.54, 1.807) is 0 Å². The van der Waals surface area contributed by atoms with E-state index in [1.807, 2.05) is 20.8 Å². The highest BCUT2D eigenvalue weighted by Crippen LogP contribution is 2.15. The van der Waals surface area contributed by atoms with E-state index in [4.69, 9.17) is 19.9 Å². The predicted octanol–water partition coefficient (Wildman–Crippen LogP) is -0.210. The summed E-state index contributed by atoms with van der Waals surface area (Å²) in [6.45, 7) is 7.74. The smallest absolute Gasteiger partial charge is 0.145 e. The molecule has 0 aromatic carbocycles. The zero-order valence-corrected chi connectivity index (χ0v) is 11.7. The topological polar surface area (TPSA) is 53.7 Å². The number of hydrogen-bond donors (Lipinski definition) is 1. The normalized spacial score (nSPS) is 14.6. The maximum atomic E-state index is 5.77. The molecule has 0 saturated heterocycles. The molecular formula is C9H23NO3Si. The van der Waals surface area contributed by atoms with Gasteiger partial charge < -0.3 is 19.9 Å². The van der Waals surface area contributed by atoms with Gasteiger partial charge in [0.05, 0.1) is 10.2 Å². The van der Waals surface area contributed by atoms with Crippen molar-refractivity contribution in [2.45, 2.75) is 38.8 Å². The zero-order chi connectivity index (χ0) is 11.0. The van der Waals surface area contributed by atoms with Crippen LogP contribution in [-0.2, 0) is 14.2 Å². The first-order valence-electron chi connectivity index (χ1n) is 5.23. The monoisotopic (exact) mass is 221 g/mol. The Morgan fingerprint density at radius 2 is 1.64 bits per heavy atom. The number of rotatable bonds is 8. The van der Waals surface area contributed by atoms with Gasteiger partial charge in [-0.25, -0.2) is 0 Å². The van der Waals surface area contributed by atoms with Crippen LogP contribution in [0.3, 0.4) is 0 Å². The van der Waals surface area contributed by atoms with Crippen LogP contribution in [0.1, 0.15) is 27.2 Å². The molecule has 0 saturated carbocycles. The Morgan fingerprint density at radius 1 is 1.14 bits per heavy atom. The number of hydrogen-bond acceptors (Lipinski definition) is 4. The highest BCUT2D eigenvalue weighted by molar-refractivity contribution is 6.13. The largest absolute Gasteiger partial charge is 0.364 e. The van der Waals surface area contributed by atoms with Crippen LogP contribution in [0.25, 0.3) is 0 Å². The summed E-state index contributed by atoms with van der Waals surface area (Å²) in [5.41, 5.74) is 5.28. The third kappa shape index (κ3) is 5.72. The summed E-state index contributed by atoms with van der Waals surface area (Å²) < 4.78 is 16.4. The SMILES string of the molecule is CCOC(N)CC([SiH3])(OCC)OCC. The summed E-state index contributed by atoms with van der Waals surface area (Å²) >= 11 is 0. The first-order chi connectivity index (χ1) is 6.58. The molecule has 0 aliphatic heterocycles. The molecule has 0 heterocycles. The molecule has 0 amide bonds. The molecule has 0 spiro atoms. The lowest BCUT2D eigenvalue weighted by Gasteiger charge is -2.31. The molecule has 0 fully saturated rings. The van der Waals surface area contributed by atoms with Gasteiger partial charge in [-0.15, -0.1) is 0 Å². The minimum absolute atomic E-state index is 0.296. The fourth-order valence-electron chi connectivity index (χ4n) is 1.41. The van der Waals surface area contributed by atoms with E-state index < -0.39 is 5.41 Å². The lowest BCUT2D eigenvalue weighted by Crippen LogP contribution is -2.43. The molecule has 4 nitrogen and oxygen atoms in total. The van der Waals surface area contributed by atoms with Gasteiger partial charge in [-0.2, -0.15) is 0 Å². The van der Waals surface area contributed by atoms with Gasteiger partial charge in [0.1, 0.15) is 11.6 Å². The minimum atomic E-state index is -0.488. The number of ether oxygens (including phenoxy) is 3. The highest BCUT2D eigenvalue weighted by Gasteiger charge is 2.27. The minimum Gasteiger partial charge on any atom is -0.364 e. The second kappa shape index (κ2) is 7.36. The van der Waals surface area contributed by atoms with E-state index in [1.165, 1.54) is 0 Å². The van der Waals surface area contributed by atoms with E-state index in [-0.39, 0.29) is 6.23 Å². The Kier molecular flexibility index (Phi) is 7.39. The van der Waals surface area contributed by atoms with Gasteiger partial charge in [0.2, 0.25) is 0 Å². The second-order valence-electron chi connectivity index (χ2n) is 3.20. The van der Waals surface area contributed by atoms with Gasteiger partial charge in [-0.05, 0) is 20.8 Å². The lowest BCUT2D eigenvalue weighted by molar-refractivity contribution is -0.191. The van der Waals surface area contributed by atoms with Crippen LogP contribution in [0.15, 0.2) is 0 Å². The zero-order valence-electron chi connectivity index (χ0n) is 9.71. The molecule has 1 unspecified atom stereocenters. The van der Waals surface area contributed by atoms with Gasteiger partial charge in [0, 0.05) is 26.2 Å². The highest BCUT2D eigenvalue weighted by atomic mass is 28.1. The van der Waals surface area contributed by atoms with E-state index >= 15 is 0 Å². The van der Waals surface area contributed by atoms with Crippen LogP contribution in [0, 0.1) is 0 Å². The van der Waals surface area contributed by atoms with Crippen molar-refractivity contribution in [3.8, 4) is 0 Å². The number of nitrogens with two attached hydrogens (primary N) is 1. The van der Waals surface area contributed by atoms with Crippen molar-refractivity contribution in [3.63, 3.8) is 0 Å². The van der Waals surface area contributed by atoms with Crippen LogP contribution in [0.5, 0.6) is 0 Å². The molecule has 14 heavy (non-hydrogen) atoms. The Balaban J connectivity index is 4.05. The molecule has 0 rings (SSSR count).